The van der Waals surface area contributed by atoms with Crippen LogP contribution < -0.4 is 10.1 Å². The highest BCUT2D eigenvalue weighted by molar-refractivity contribution is 6.30. The van der Waals surface area contributed by atoms with Gasteiger partial charge in [-0.1, -0.05) is 11.6 Å². The van der Waals surface area contributed by atoms with Gasteiger partial charge in [-0.2, -0.15) is 0 Å². The highest BCUT2D eigenvalue weighted by atomic mass is 35.5. The second-order valence-electron chi connectivity index (χ2n) is 4.99. The molecule has 2 aromatic carbocycles. The number of carbonyl (C=O) groups is 1. The van der Waals surface area contributed by atoms with E-state index in [1.807, 2.05) is 12.1 Å². The molecule has 1 amide bonds. The minimum atomic E-state index is -0.252. The van der Waals surface area contributed by atoms with E-state index < -0.39 is 0 Å². The molecule has 0 bridgehead atoms. The van der Waals surface area contributed by atoms with Gasteiger partial charge in [0.1, 0.15) is 5.75 Å². The van der Waals surface area contributed by atoms with Gasteiger partial charge in [-0.25, -0.2) is 4.68 Å². The van der Waals surface area contributed by atoms with E-state index in [2.05, 4.69) is 20.8 Å². The number of tetrazole rings is 1. The Morgan fingerprint density at radius 3 is 2.50 bits per heavy atom. The third-order valence-electron chi connectivity index (χ3n) is 3.23. The van der Waals surface area contributed by atoms with Crippen LogP contribution >= 0.6 is 11.6 Å². The summed E-state index contributed by atoms with van der Waals surface area (Å²) in [6, 6.07) is 14.1. The lowest BCUT2D eigenvalue weighted by Gasteiger charge is -2.08. The van der Waals surface area contributed by atoms with Crippen molar-refractivity contribution in [3.63, 3.8) is 0 Å². The second-order valence-corrected chi connectivity index (χ2v) is 5.43. The number of halogens is 1. The van der Waals surface area contributed by atoms with Gasteiger partial charge in [0.2, 0.25) is 0 Å². The predicted molar refractivity (Wildman–Crippen MR) is 89.8 cm³/mol. The second kappa shape index (κ2) is 7.10. The van der Waals surface area contributed by atoms with Crippen LogP contribution in [0, 0.1) is 0 Å². The van der Waals surface area contributed by atoms with E-state index in [0.29, 0.717) is 22.3 Å². The SMILES string of the molecule is Cn1nnnc1-c1ccc(NC(=O)COc2ccc(Cl)cc2)cc1. The molecule has 0 atom stereocenters. The van der Waals surface area contributed by atoms with Gasteiger partial charge in [-0.3, -0.25) is 4.79 Å². The van der Waals surface area contributed by atoms with E-state index >= 15 is 0 Å². The fourth-order valence-corrected chi connectivity index (χ4v) is 2.18. The largest absolute Gasteiger partial charge is 0.484 e. The monoisotopic (exact) mass is 343 g/mol. The summed E-state index contributed by atoms with van der Waals surface area (Å²) in [4.78, 5) is 11.9. The summed E-state index contributed by atoms with van der Waals surface area (Å²) in [6.45, 7) is -0.0867. The number of aryl methyl sites for hydroxylation is 1. The lowest BCUT2D eigenvalue weighted by molar-refractivity contribution is -0.118. The maximum atomic E-state index is 11.9. The number of aromatic nitrogens is 4. The van der Waals surface area contributed by atoms with Gasteiger partial charge in [0.15, 0.2) is 12.4 Å². The van der Waals surface area contributed by atoms with Crippen LogP contribution in [0.5, 0.6) is 5.75 Å². The molecule has 7 nitrogen and oxygen atoms in total. The molecule has 3 rings (SSSR count). The minimum Gasteiger partial charge on any atom is -0.484 e. The molecule has 0 saturated heterocycles. The fourth-order valence-electron chi connectivity index (χ4n) is 2.05. The standard InChI is InChI=1S/C16H14ClN5O2/c1-22-16(19-20-21-22)11-2-6-13(7-3-11)18-15(23)10-24-14-8-4-12(17)5-9-14/h2-9H,10H2,1H3,(H,18,23). The Morgan fingerprint density at radius 1 is 1.17 bits per heavy atom. The lowest BCUT2D eigenvalue weighted by atomic mass is 10.2. The fraction of sp³-hybridized carbons (Fsp3) is 0.125. The Hall–Kier alpha value is -2.93. The minimum absolute atomic E-state index is 0.0867. The summed E-state index contributed by atoms with van der Waals surface area (Å²) in [5.41, 5.74) is 1.52. The number of nitrogens with one attached hydrogen (secondary N) is 1. The van der Waals surface area contributed by atoms with Crippen molar-refractivity contribution in [1.82, 2.24) is 20.2 Å². The topological polar surface area (TPSA) is 81.9 Å². The van der Waals surface area contributed by atoms with Gasteiger partial charge >= 0.3 is 0 Å². The molecule has 0 aliphatic heterocycles. The first-order valence-electron chi connectivity index (χ1n) is 7.13. The van der Waals surface area contributed by atoms with E-state index in [4.69, 9.17) is 16.3 Å². The first-order chi connectivity index (χ1) is 11.6. The number of benzene rings is 2. The van der Waals surface area contributed by atoms with Crippen molar-refractivity contribution < 1.29 is 9.53 Å². The Morgan fingerprint density at radius 2 is 1.88 bits per heavy atom. The molecule has 8 heteroatoms. The van der Waals surface area contributed by atoms with Crippen molar-refractivity contribution >= 4 is 23.2 Å². The smallest absolute Gasteiger partial charge is 0.262 e. The number of hydrogen-bond acceptors (Lipinski definition) is 5. The Kier molecular flexibility index (Phi) is 4.72. The molecule has 0 saturated carbocycles. The summed E-state index contributed by atoms with van der Waals surface area (Å²) in [5.74, 6) is 0.983. The van der Waals surface area contributed by atoms with Crippen LogP contribution in [-0.2, 0) is 11.8 Å². The molecule has 122 valence electrons. The molecule has 0 spiro atoms. The van der Waals surface area contributed by atoms with E-state index in [0.717, 1.165) is 5.56 Å². The van der Waals surface area contributed by atoms with E-state index in [9.17, 15) is 4.79 Å². The van der Waals surface area contributed by atoms with Crippen LogP contribution in [0.1, 0.15) is 0 Å². The zero-order valence-corrected chi connectivity index (χ0v) is 13.6. The molecule has 24 heavy (non-hydrogen) atoms. The van der Waals surface area contributed by atoms with Crippen molar-refractivity contribution in [2.75, 3.05) is 11.9 Å². The van der Waals surface area contributed by atoms with E-state index in [-0.39, 0.29) is 12.5 Å². The van der Waals surface area contributed by atoms with E-state index in [1.165, 1.54) is 0 Å². The zero-order chi connectivity index (χ0) is 16.9. The Balaban J connectivity index is 1.56. The van der Waals surface area contributed by atoms with Crippen molar-refractivity contribution in [3.8, 4) is 17.1 Å². The van der Waals surface area contributed by atoms with Gasteiger partial charge in [0, 0.05) is 23.3 Å². The molecule has 3 aromatic rings. The molecule has 1 aromatic heterocycles. The van der Waals surface area contributed by atoms with Gasteiger partial charge in [-0.15, -0.1) is 5.10 Å². The Bertz CT molecular complexity index is 830. The Labute approximate surface area is 143 Å². The van der Waals surface area contributed by atoms with E-state index in [1.54, 1.807) is 48.1 Å². The highest BCUT2D eigenvalue weighted by Gasteiger charge is 2.07. The van der Waals surface area contributed by atoms with Gasteiger partial charge in [-0.05, 0) is 59.0 Å². The number of anilines is 1. The van der Waals surface area contributed by atoms with Crippen molar-refractivity contribution in [1.29, 1.82) is 0 Å². The number of carbonyl (C=O) groups excluding carboxylic acids is 1. The molecule has 0 aliphatic rings. The van der Waals surface area contributed by atoms with Crippen LogP contribution in [0.25, 0.3) is 11.4 Å². The van der Waals surface area contributed by atoms with Gasteiger partial charge < -0.3 is 10.1 Å². The number of ether oxygens (including phenoxy) is 1. The van der Waals surface area contributed by atoms with Crippen LogP contribution in [0.2, 0.25) is 5.02 Å². The predicted octanol–water partition coefficient (Wildman–Crippen LogP) is 2.55. The number of amides is 1. The number of rotatable bonds is 5. The van der Waals surface area contributed by atoms with Crippen molar-refractivity contribution in [3.05, 3.63) is 53.6 Å². The third-order valence-corrected chi connectivity index (χ3v) is 3.48. The van der Waals surface area contributed by atoms with Crippen molar-refractivity contribution in [2.45, 2.75) is 0 Å². The van der Waals surface area contributed by atoms with Crippen molar-refractivity contribution in [2.24, 2.45) is 7.05 Å². The zero-order valence-electron chi connectivity index (χ0n) is 12.8. The normalized spacial score (nSPS) is 10.4. The van der Waals surface area contributed by atoms with Gasteiger partial charge in [0.05, 0.1) is 0 Å². The summed E-state index contributed by atoms with van der Waals surface area (Å²) < 4.78 is 6.97. The molecule has 1 heterocycles. The molecule has 0 fully saturated rings. The summed E-state index contributed by atoms with van der Waals surface area (Å²) >= 11 is 5.79. The van der Waals surface area contributed by atoms with Crippen LogP contribution in [-0.4, -0.2) is 32.7 Å². The summed E-state index contributed by atoms with van der Waals surface area (Å²) in [5, 5.41) is 14.7. The van der Waals surface area contributed by atoms with Crippen LogP contribution in [0.4, 0.5) is 5.69 Å². The highest BCUT2D eigenvalue weighted by Crippen LogP contribution is 2.18. The van der Waals surface area contributed by atoms with Gasteiger partial charge in [0.25, 0.3) is 5.91 Å². The maximum absolute atomic E-state index is 11.9. The first-order valence-corrected chi connectivity index (χ1v) is 7.50. The molecular formula is C16H14ClN5O2. The van der Waals surface area contributed by atoms with Crippen LogP contribution in [0.3, 0.4) is 0 Å². The average molecular weight is 344 g/mol. The average Bonchev–Trinajstić information content (AvgIpc) is 3.01. The molecule has 0 unspecified atom stereocenters. The van der Waals surface area contributed by atoms with Crippen LogP contribution in [0.15, 0.2) is 48.5 Å². The summed E-state index contributed by atoms with van der Waals surface area (Å²) in [7, 11) is 1.76. The first kappa shape index (κ1) is 15.9. The quantitative estimate of drug-likeness (QED) is 0.769. The third kappa shape index (κ3) is 3.88. The number of nitrogens with zero attached hydrogens (tertiary/aromatic N) is 4. The number of hydrogen-bond donors (Lipinski definition) is 1. The maximum Gasteiger partial charge on any atom is 0.262 e. The molecular weight excluding hydrogens is 330 g/mol. The lowest BCUT2D eigenvalue weighted by Crippen LogP contribution is -2.20. The molecule has 0 aliphatic carbocycles. The summed E-state index contributed by atoms with van der Waals surface area (Å²) in [6.07, 6.45) is 0. The molecule has 1 N–H and O–H groups in total. The molecule has 0 radical (unpaired) electrons.